The highest BCUT2D eigenvalue weighted by atomic mass is 16.5. The van der Waals surface area contributed by atoms with Crippen LogP contribution in [0.4, 0.5) is 0 Å². The summed E-state index contributed by atoms with van der Waals surface area (Å²) in [6, 6.07) is 1.69. The highest BCUT2D eigenvalue weighted by Gasteiger charge is 2.43. The number of likely N-dealkylation sites (tertiary alicyclic amines) is 1. The number of rotatable bonds is 42. The van der Waals surface area contributed by atoms with Crippen LogP contribution in [0.1, 0.15) is 175 Å². The largest absolute Gasteiger partial charge is 0.496 e. The van der Waals surface area contributed by atoms with Crippen LogP contribution in [0, 0.1) is 29.6 Å². The summed E-state index contributed by atoms with van der Waals surface area (Å²) in [6.45, 7) is 21.9. The van der Waals surface area contributed by atoms with E-state index in [1.54, 1.807) is 54.3 Å². The van der Waals surface area contributed by atoms with Crippen LogP contribution < -0.4 is 31.7 Å². The number of amides is 12. The van der Waals surface area contributed by atoms with Gasteiger partial charge in [0, 0.05) is 75.9 Å². The normalized spacial score (nSPS) is 15.5. The van der Waals surface area contributed by atoms with E-state index in [9.17, 15) is 48.3 Å². The molecule has 1 aliphatic heterocycles. The molecule has 1 fully saturated rings. The predicted octanol–water partition coefficient (Wildman–Crippen LogP) is 4.05. The van der Waals surface area contributed by atoms with Crippen LogP contribution in [-0.2, 0) is 70.4 Å². The fourth-order valence-electron chi connectivity index (χ4n) is 13.2. The lowest BCUT2D eigenvalue weighted by molar-refractivity contribution is -0.151. The van der Waals surface area contributed by atoms with Gasteiger partial charge in [0.25, 0.3) is 5.91 Å². The van der Waals surface area contributed by atoms with E-state index in [1.807, 2.05) is 75.3 Å². The van der Waals surface area contributed by atoms with Gasteiger partial charge in [0.05, 0.1) is 43.8 Å². The number of likely N-dealkylation sites (N-methyl/N-ethyl adjacent to an activating group) is 7. The van der Waals surface area contributed by atoms with Gasteiger partial charge in [-0.1, -0.05) is 113 Å². The summed E-state index contributed by atoms with van der Waals surface area (Å²) in [7, 11) is 12.8. The summed E-state index contributed by atoms with van der Waals surface area (Å²) in [5, 5.41) is 22.3. The lowest BCUT2D eigenvalue weighted by Crippen LogP contribution is -2.61. The average molecular weight is 1490 g/mol. The monoisotopic (exact) mass is 1490 g/mol. The molecule has 3 rings (SSSR count). The number of carbonyl (C=O) groups is 13. The van der Waals surface area contributed by atoms with Gasteiger partial charge in [-0.2, -0.15) is 0 Å². The molecule has 0 aliphatic carbocycles. The topological polar surface area (TPSA) is 351 Å². The molecule has 0 bridgehead atoms. The van der Waals surface area contributed by atoms with Gasteiger partial charge in [-0.25, -0.2) is 0 Å². The number of nitrogens with zero attached hydrogens (tertiary/aromatic N) is 8. The lowest BCUT2D eigenvalue weighted by atomic mass is 9.96. The number of aldehydes is 1. The van der Waals surface area contributed by atoms with Crippen LogP contribution >= 0.6 is 0 Å². The van der Waals surface area contributed by atoms with Crippen molar-refractivity contribution in [3.63, 3.8) is 0 Å². The van der Waals surface area contributed by atoms with E-state index in [4.69, 9.17) is 10.5 Å². The van der Waals surface area contributed by atoms with E-state index < -0.39 is 150 Å². The van der Waals surface area contributed by atoms with Gasteiger partial charge in [0.2, 0.25) is 65.0 Å². The third kappa shape index (κ3) is 27.1. The molecular weight excluding hydrogens is 1360 g/mol. The van der Waals surface area contributed by atoms with Crippen molar-refractivity contribution in [3.8, 4) is 5.75 Å². The fourth-order valence-corrected chi connectivity index (χ4v) is 13.2. The molecule has 1 heterocycles. The summed E-state index contributed by atoms with van der Waals surface area (Å²) >= 11 is 0. The van der Waals surface area contributed by atoms with Crippen molar-refractivity contribution in [3.05, 3.63) is 65.2 Å². The quantitative estimate of drug-likeness (QED) is 0.0511. The molecule has 0 radical (unpaired) electrons. The molecule has 11 atom stereocenters. The lowest BCUT2D eigenvalue weighted by Gasteiger charge is -2.38. The SMILES string of the molecule is CC[C@@H](C=O)N(C)C(=O)C[C@H](NC(=O)[C@H](CC(C)C)N(C)C(=O)CN(C)C(=O)[C@@H](NC(=O)[C@H](CC(C)C)N(C)C(=O)[C@H](CC(C)C)N(C)C(=O)[C@H](CCc1ccc(C(=O)NC)c(OC)c1)NC(=O)[C@H](Cc1ccccc1)N(C)C(=O)[C@H](CC(C)C)N(C)C(=O)[C@@H](N)CC(C)C)[C@@H](C)O)C(=O)N1CCCCC1. The van der Waals surface area contributed by atoms with Crippen LogP contribution in [0.15, 0.2) is 48.5 Å². The maximum atomic E-state index is 15.7. The molecule has 1 saturated heterocycles. The molecule has 2 aromatic rings. The van der Waals surface area contributed by atoms with Gasteiger partial charge in [0.1, 0.15) is 60.4 Å². The Morgan fingerprint density at radius 3 is 1.51 bits per heavy atom. The van der Waals surface area contributed by atoms with Crippen molar-refractivity contribution < 1.29 is 72.2 Å². The number of nitrogens with two attached hydrogens (primary N) is 1. The number of ether oxygens (including phenoxy) is 1. The van der Waals surface area contributed by atoms with Gasteiger partial charge in [0.15, 0.2) is 0 Å². The molecule has 0 aromatic heterocycles. The molecule has 28 nitrogen and oxygen atoms in total. The Morgan fingerprint density at radius 1 is 0.547 bits per heavy atom. The highest BCUT2D eigenvalue weighted by molar-refractivity contribution is 6.00. The van der Waals surface area contributed by atoms with Crippen LogP contribution in [0.3, 0.4) is 0 Å². The zero-order valence-corrected chi connectivity index (χ0v) is 67.1. The summed E-state index contributed by atoms with van der Waals surface area (Å²) in [6.07, 6.45) is 2.11. The maximum absolute atomic E-state index is 15.7. The number of benzene rings is 2. The standard InChI is InChI=1S/C78H127N13O15/c1-22-55(46-92)85(15)66(94)44-59(75(102)91-35-27-24-28-36-91)82-70(97)60(38-48(4)5)86(16)67(95)45-84(14)78(105)68(52(12)93)83-72(99)61(39-49(6)7)87(17)77(104)64(41-51(10)11)90(20)74(101)58(34-32-54-31-33-56(69(96)80-13)65(43-54)106-21)81-71(98)62(42-53-29-25-23-26-30-53)88(18)76(103)63(40-50(8)9)89(19)73(100)57(79)37-47(2)3/h23,25-26,29-31,33,43,46-52,55,57-64,68,93H,22,24,27-28,32,34-42,44-45,79H2,1-21H3,(H,80,96)(H,81,98)(H,82,97)(H,83,99)/t52-,55+,57+,58+,59+,60+,61+,62+,63+,64+,68+/m1/s1. The Kier molecular flexibility index (Phi) is 38.0. The Morgan fingerprint density at radius 2 is 1.02 bits per heavy atom. The zero-order chi connectivity index (χ0) is 80.3. The Bertz CT molecular complexity index is 3270. The number of aliphatic hydroxyl groups is 1. The number of carbonyl (C=O) groups excluding carboxylic acids is 13. The van der Waals surface area contributed by atoms with Crippen molar-refractivity contribution in [1.82, 2.24) is 60.5 Å². The highest BCUT2D eigenvalue weighted by Crippen LogP contribution is 2.26. The maximum Gasteiger partial charge on any atom is 0.254 e. The molecule has 0 unspecified atom stereocenters. The number of piperidine rings is 1. The molecule has 28 heteroatoms. The van der Waals surface area contributed by atoms with Gasteiger partial charge in [-0.15, -0.1) is 0 Å². The second-order valence-electron chi connectivity index (χ2n) is 30.7. The summed E-state index contributed by atoms with van der Waals surface area (Å²) < 4.78 is 5.61. The molecule has 7 N–H and O–H groups in total. The first-order valence-electron chi connectivity index (χ1n) is 37.5. The van der Waals surface area contributed by atoms with Crippen molar-refractivity contribution in [1.29, 1.82) is 0 Å². The van der Waals surface area contributed by atoms with E-state index in [1.165, 1.54) is 94.9 Å². The van der Waals surface area contributed by atoms with Crippen molar-refractivity contribution >= 4 is 77.2 Å². The van der Waals surface area contributed by atoms with Crippen LogP contribution in [0.2, 0.25) is 0 Å². The molecule has 0 spiro atoms. The second-order valence-corrected chi connectivity index (χ2v) is 30.7. The molecule has 1 aliphatic rings. The number of hydrogen-bond donors (Lipinski definition) is 6. The second kappa shape index (κ2) is 43.9. The van der Waals surface area contributed by atoms with Crippen molar-refractivity contribution in [2.24, 2.45) is 35.3 Å². The first-order chi connectivity index (χ1) is 49.7. The van der Waals surface area contributed by atoms with Gasteiger partial charge >= 0.3 is 0 Å². The molecule has 2 aromatic carbocycles. The molecule has 12 amide bonds. The summed E-state index contributed by atoms with van der Waals surface area (Å²) in [4.78, 5) is 196. The van der Waals surface area contributed by atoms with Crippen LogP contribution in [-0.4, -0.2) is 271 Å². The summed E-state index contributed by atoms with van der Waals surface area (Å²) in [5.74, 6) is -8.17. The molecular formula is C78H127N13O15. The van der Waals surface area contributed by atoms with E-state index in [2.05, 4.69) is 21.3 Å². The van der Waals surface area contributed by atoms with E-state index in [0.717, 1.165) is 29.1 Å². The first-order valence-corrected chi connectivity index (χ1v) is 37.5. The van der Waals surface area contributed by atoms with Gasteiger partial charge in [-0.3, -0.25) is 57.5 Å². The Labute approximate surface area is 629 Å². The Hall–Kier alpha value is -8.53. The Balaban J connectivity index is 2.09. The fraction of sp³-hybridized carbons (Fsp3) is 0.679. The van der Waals surface area contributed by atoms with Gasteiger partial charge < -0.3 is 80.8 Å². The minimum atomic E-state index is -1.69. The summed E-state index contributed by atoms with van der Waals surface area (Å²) in [5.41, 5.74) is 7.96. The van der Waals surface area contributed by atoms with Crippen LogP contribution in [0.5, 0.6) is 5.75 Å². The third-order valence-electron chi connectivity index (χ3n) is 19.7. The number of hydrogen-bond acceptors (Lipinski definition) is 16. The average Bonchev–Trinajstić information content (AvgIpc) is 0.817. The number of methoxy groups -OCH3 is 1. The third-order valence-corrected chi connectivity index (χ3v) is 19.7. The van der Waals surface area contributed by atoms with Gasteiger partial charge in [-0.05, 0) is 130 Å². The molecule has 594 valence electrons. The molecule has 106 heavy (non-hydrogen) atoms. The number of nitrogens with one attached hydrogen (secondary N) is 4. The minimum Gasteiger partial charge on any atom is -0.496 e. The van der Waals surface area contributed by atoms with E-state index in [-0.39, 0.29) is 85.8 Å². The molecule has 0 saturated carbocycles. The zero-order valence-electron chi connectivity index (χ0n) is 67.1. The number of aliphatic hydroxyl groups excluding tert-OH is 1. The number of aryl methyl sites for hydroxylation is 1. The first kappa shape index (κ1) is 91.7. The van der Waals surface area contributed by atoms with Crippen LogP contribution in [0.25, 0.3) is 0 Å². The van der Waals surface area contributed by atoms with Crippen molar-refractivity contribution in [2.75, 3.05) is 83.1 Å². The predicted molar refractivity (Wildman–Crippen MR) is 406 cm³/mol. The van der Waals surface area contributed by atoms with Crippen molar-refractivity contribution in [2.45, 2.75) is 233 Å². The minimum absolute atomic E-state index is 0.0195. The van der Waals surface area contributed by atoms with E-state index >= 15 is 19.2 Å². The smallest absolute Gasteiger partial charge is 0.254 e. The van der Waals surface area contributed by atoms with E-state index in [0.29, 0.717) is 43.3 Å².